The van der Waals surface area contributed by atoms with E-state index in [4.69, 9.17) is 0 Å². The number of alkyl halides is 1. The fraction of sp³-hybridized carbons (Fsp3) is 0.0556. The predicted molar refractivity (Wildman–Crippen MR) is 99.3 cm³/mol. The predicted octanol–water partition coefficient (Wildman–Crippen LogP) is 4.22. The van der Waals surface area contributed by atoms with Gasteiger partial charge in [0.15, 0.2) is 5.78 Å². The standard InChI is InChI=1S/C18H14BrNO3S/c19-12-18(21)14-5-8-16(9-6-14)20-24(22,23)17-10-7-13-3-1-2-4-15(13)11-17/h1-11,20H,12H2. The number of sulfonamides is 1. The van der Waals surface area contributed by atoms with Crippen LogP contribution in [-0.4, -0.2) is 19.5 Å². The third-order valence-electron chi connectivity index (χ3n) is 3.61. The SMILES string of the molecule is O=C(CBr)c1ccc(NS(=O)(=O)c2ccc3ccccc3c2)cc1. The van der Waals surface area contributed by atoms with Gasteiger partial charge in [-0.2, -0.15) is 0 Å². The van der Waals surface area contributed by atoms with E-state index in [9.17, 15) is 13.2 Å². The van der Waals surface area contributed by atoms with Crippen molar-refractivity contribution in [3.63, 3.8) is 0 Å². The maximum atomic E-state index is 12.5. The molecule has 0 radical (unpaired) electrons. The molecule has 0 heterocycles. The van der Waals surface area contributed by atoms with Gasteiger partial charge in [0.25, 0.3) is 10.0 Å². The van der Waals surface area contributed by atoms with Crippen LogP contribution in [0.3, 0.4) is 0 Å². The molecule has 0 fully saturated rings. The lowest BCUT2D eigenvalue weighted by molar-refractivity contribution is 0.102. The van der Waals surface area contributed by atoms with Crippen molar-refractivity contribution in [2.24, 2.45) is 0 Å². The average molecular weight is 404 g/mol. The second-order valence-corrected chi connectivity index (χ2v) is 7.49. The van der Waals surface area contributed by atoms with Gasteiger partial charge in [-0.05, 0) is 47.2 Å². The molecule has 0 atom stereocenters. The minimum atomic E-state index is -3.69. The van der Waals surface area contributed by atoms with Crippen LogP contribution < -0.4 is 4.72 Å². The molecule has 1 N–H and O–H groups in total. The number of anilines is 1. The van der Waals surface area contributed by atoms with Crippen molar-refractivity contribution < 1.29 is 13.2 Å². The van der Waals surface area contributed by atoms with Gasteiger partial charge in [0, 0.05) is 11.3 Å². The zero-order valence-corrected chi connectivity index (χ0v) is 15.0. The van der Waals surface area contributed by atoms with Crippen molar-refractivity contribution >= 4 is 48.2 Å². The highest BCUT2D eigenvalue weighted by Gasteiger charge is 2.15. The number of benzene rings is 3. The molecule has 122 valence electrons. The molecule has 0 unspecified atom stereocenters. The third kappa shape index (κ3) is 3.49. The van der Waals surface area contributed by atoms with Crippen LogP contribution in [0.25, 0.3) is 10.8 Å². The molecule has 3 aromatic carbocycles. The van der Waals surface area contributed by atoms with Crippen molar-refractivity contribution in [2.45, 2.75) is 4.90 Å². The summed E-state index contributed by atoms with van der Waals surface area (Å²) in [5.74, 6) is -0.0565. The molecular weight excluding hydrogens is 390 g/mol. The maximum Gasteiger partial charge on any atom is 0.261 e. The van der Waals surface area contributed by atoms with Crippen LogP contribution in [0.1, 0.15) is 10.4 Å². The summed E-state index contributed by atoms with van der Waals surface area (Å²) in [6.07, 6.45) is 0. The molecule has 0 saturated heterocycles. The van der Waals surface area contributed by atoms with Gasteiger partial charge < -0.3 is 0 Å². The summed E-state index contributed by atoms with van der Waals surface area (Å²) >= 11 is 3.11. The molecule has 4 nitrogen and oxygen atoms in total. The first-order valence-electron chi connectivity index (χ1n) is 7.20. The minimum Gasteiger partial charge on any atom is -0.293 e. The quantitative estimate of drug-likeness (QED) is 0.512. The second kappa shape index (κ2) is 6.75. The average Bonchev–Trinajstić information content (AvgIpc) is 2.61. The van der Waals surface area contributed by atoms with E-state index in [-0.39, 0.29) is 16.0 Å². The Bertz CT molecular complexity index is 998. The first-order chi connectivity index (χ1) is 11.5. The number of carbonyl (C=O) groups excluding carboxylic acids is 1. The zero-order chi connectivity index (χ0) is 17.2. The summed E-state index contributed by atoms with van der Waals surface area (Å²) in [5.41, 5.74) is 0.940. The van der Waals surface area contributed by atoms with Crippen molar-refractivity contribution in [3.8, 4) is 0 Å². The van der Waals surface area contributed by atoms with Gasteiger partial charge in [-0.1, -0.05) is 46.3 Å². The van der Waals surface area contributed by atoms with Gasteiger partial charge in [-0.15, -0.1) is 0 Å². The highest BCUT2D eigenvalue weighted by atomic mass is 79.9. The van der Waals surface area contributed by atoms with Crippen LogP contribution in [0, 0.1) is 0 Å². The molecule has 0 aliphatic rings. The van der Waals surface area contributed by atoms with Gasteiger partial charge in [0.1, 0.15) is 0 Å². The lowest BCUT2D eigenvalue weighted by atomic mass is 10.1. The topological polar surface area (TPSA) is 63.2 Å². The molecular formula is C18H14BrNO3S. The summed E-state index contributed by atoms with van der Waals surface area (Å²) in [4.78, 5) is 11.8. The van der Waals surface area contributed by atoms with Crippen molar-refractivity contribution in [2.75, 3.05) is 10.1 Å². The molecule has 3 aromatic rings. The van der Waals surface area contributed by atoms with Crippen molar-refractivity contribution in [1.82, 2.24) is 0 Å². The Morgan fingerprint density at radius 1 is 0.917 bits per heavy atom. The Morgan fingerprint density at radius 2 is 1.58 bits per heavy atom. The Balaban J connectivity index is 1.88. The molecule has 0 aliphatic heterocycles. The van der Waals surface area contributed by atoms with E-state index < -0.39 is 10.0 Å². The highest BCUT2D eigenvalue weighted by molar-refractivity contribution is 9.09. The Morgan fingerprint density at radius 3 is 2.25 bits per heavy atom. The van der Waals surface area contributed by atoms with E-state index in [1.165, 1.54) is 0 Å². The van der Waals surface area contributed by atoms with Crippen LogP contribution in [0.5, 0.6) is 0 Å². The van der Waals surface area contributed by atoms with Gasteiger partial charge >= 0.3 is 0 Å². The lowest BCUT2D eigenvalue weighted by Crippen LogP contribution is -2.13. The molecule has 0 bridgehead atoms. The van der Waals surface area contributed by atoms with E-state index in [0.29, 0.717) is 11.3 Å². The van der Waals surface area contributed by atoms with E-state index in [1.54, 1.807) is 42.5 Å². The number of Topliss-reactive ketones (excluding diaryl/α,β-unsaturated/α-hetero) is 1. The summed E-state index contributed by atoms with van der Waals surface area (Å²) in [6.45, 7) is 0. The molecule has 24 heavy (non-hydrogen) atoms. The smallest absolute Gasteiger partial charge is 0.261 e. The maximum absolute atomic E-state index is 12.5. The summed E-state index contributed by atoms with van der Waals surface area (Å²) in [7, 11) is -3.69. The molecule has 3 rings (SSSR count). The fourth-order valence-corrected chi connectivity index (χ4v) is 3.77. The Hall–Kier alpha value is -2.18. The van der Waals surface area contributed by atoms with Gasteiger partial charge in [-0.25, -0.2) is 8.42 Å². The van der Waals surface area contributed by atoms with Crippen LogP contribution in [0.15, 0.2) is 71.6 Å². The largest absolute Gasteiger partial charge is 0.293 e. The summed E-state index contributed by atoms with van der Waals surface area (Å²) in [6, 6.07) is 18.9. The number of hydrogen-bond donors (Lipinski definition) is 1. The van der Waals surface area contributed by atoms with E-state index in [1.807, 2.05) is 24.3 Å². The zero-order valence-electron chi connectivity index (χ0n) is 12.6. The number of carbonyl (C=O) groups is 1. The Labute approximate surface area is 148 Å². The third-order valence-corrected chi connectivity index (χ3v) is 5.50. The number of hydrogen-bond acceptors (Lipinski definition) is 3. The van der Waals surface area contributed by atoms with E-state index >= 15 is 0 Å². The monoisotopic (exact) mass is 403 g/mol. The second-order valence-electron chi connectivity index (χ2n) is 5.25. The first-order valence-corrected chi connectivity index (χ1v) is 9.81. The normalized spacial score (nSPS) is 11.4. The van der Waals surface area contributed by atoms with Crippen LogP contribution in [0.4, 0.5) is 5.69 Å². The molecule has 6 heteroatoms. The van der Waals surface area contributed by atoms with Gasteiger partial charge in [0.2, 0.25) is 0 Å². The number of halogens is 1. The number of nitrogens with one attached hydrogen (secondary N) is 1. The van der Waals surface area contributed by atoms with Crippen LogP contribution in [-0.2, 0) is 10.0 Å². The minimum absolute atomic E-state index is 0.0565. The van der Waals surface area contributed by atoms with Gasteiger partial charge in [-0.3, -0.25) is 9.52 Å². The molecule has 0 aromatic heterocycles. The van der Waals surface area contributed by atoms with E-state index in [0.717, 1.165) is 10.8 Å². The Kier molecular flexibility index (Phi) is 4.69. The first kappa shape index (κ1) is 16.7. The summed E-state index contributed by atoms with van der Waals surface area (Å²) in [5, 5.41) is 2.07. The number of rotatable bonds is 5. The van der Waals surface area contributed by atoms with Crippen molar-refractivity contribution in [3.05, 3.63) is 72.3 Å². The van der Waals surface area contributed by atoms with Crippen molar-refractivity contribution in [1.29, 1.82) is 0 Å². The van der Waals surface area contributed by atoms with E-state index in [2.05, 4.69) is 20.7 Å². The number of ketones is 1. The highest BCUT2D eigenvalue weighted by Crippen LogP contribution is 2.21. The lowest BCUT2D eigenvalue weighted by Gasteiger charge is -2.09. The molecule has 0 amide bonds. The van der Waals surface area contributed by atoms with Gasteiger partial charge in [0.05, 0.1) is 10.2 Å². The fourth-order valence-electron chi connectivity index (χ4n) is 2.35. The molecule has 0 saturated carbocycles. The summed E-state index contributed by atoms with van der Waals surface area (Å²) < 4.78 is 27.6. The molecule has 0 aliphatic carbocycles. The molecule has 0 spiro atoms. The van der Waals surface area contributed by atoms with Crippen LogP contribution >= 0.6 is 15.9 Å². The van der Waals surface area contributed by atoms with Crippen LogP contribution in [0.2, 0.25) is 0 Å². The number of fused-ring (bicyclic) bond motifs is 1.